The van der Waals surface area contributed by atoms with Crippen LogP contribution in [0.3, 0.4) is 0 Å². The molecule has 1 unspecified atom stereocenters. The Morgan fingerprint density at radius 2 is 1.51 bits per heavy atom. The van der Waals surface area contributed by atoms with Gasteiger partial charge in [0.05, 0.1) is 15.6 Å². The summed E-state index contributed by atoms with van der Waals surface area (Å²) in [5.74, 6) is -1.04. The average Bonchev–Trinajstić information content (AvgIpc) is 2.90. The Morgan fingerprint density at radius 1 is 0.897 bits per heavy atom. The summed E-state index contributed by atoms with van der Waals surface area (Å²) < 4.78 is 28.5. The first-order chi connectivity index (χ1) is 18.4. The van der Waals surface area contributed by atoms with E-state index in [9.17, 15) is 18.0 Å². The number of sulfonamides is 1. The van der Waals surface area contributed by atoms with Crippen LogP contribution in [-0.4, -0.2) is 44.3 Å². The minimum atomic E-state index is -4.25. The SMILES string of the molecule is CCCNC(=O)C(C)N(Cc1ccc(Cl)cc1Cl)C(=O)CN(c1ccc(Cl)cc1Cl)S(=O)(=O)c1ccccc1. The Hall–Kier alpha value is -2.49. The maximum absolute atomic E-state index is 13.9. The molecule has 7 nitrogen and oxygen atoms in total. The molecular formula is C27H27Cl4N3O4S. The molecule has 208 valence electrons. The normalized spacial score (nSPS) is 12.1. The van der Waals surface area contributed by atoms with Crippen molar-refractivity contribution in [2.75, 3.05) is 17.4 Å². The third kappa shape index (κ3) is 7.80. The topological polar surface area (TPSA) is 86.8 Å². The Balaban J connectivity index is 2.06. The number of carbonyl (C=O) groups is 2. The Morgan fingerprint density at radius 3 is 2.10 bits per heavy atom. The van der Waals surface area contributed by atoms with E-state index in [1.54, 1.807) is 37.3 Å². The number of amides is 2. The van der Waals surface area contributed by atoms with Gasteiger partial charge < -0.3 is 10.2 Å². The van der Waals surface area contributed by atoms with Crippen LogP contribution < -0.4 is 9.62 Å². The fourth-order valence-corrected chi connectivity index (χ4v) is 6.21. The summed E-state index contributed by atoms with van der Waals surface area (Å²) in [6.07, 6.45) is 0.702. The van der Waals surface area contributed by atoms with E-state index in [4.69, 9.17) is 46.4 Å². The third-order valence-corrected chi connectivity index (χ3v) is 8.76. The van der Waals surface area contributed by atoms with E-state index in [0.29, 0.717) is 33.6 Å². The maximum atomic E-state index is 13.9. The number of carbonyl (C=O) groups excluding carboxylic acids is 2. The van der Waals surface area contributed by atoms with E-state index in [0.717, 1.165) is 4.31 Å². The molecule has 0 spiro atoms. The van der Waals surface area contributed by atoms with Crippen LogP contribution in [0.25, 0.3) is 0 Å². The first kappa shape index (κ1) is 31.0. The van der Waals surface area contributed by atoms with E-state index in [-0.39, 0.29) is 22.2 Å². The van der Waals surface area contributed by atoms with Gasteiger partial charge in [-0.15, -0.1) is 0 Å². The van der Waals surface area contributed by atoms with E-state index in [1.807, 2.05) is 6.92 Å². The predicted octanol–water partition coefficient (Wildman–Crippen LogP) is 6.44. The quantitative estimate of drug-likeness (QED) is 0.264. The van der Waals surface area contributed by atoms with Crippen LogP contribution in [0.5, 0.6) is 0 Å². The van der Waals surface area contributed by atoms with Crippen molar-refractivity contribution in [3.05, 3.63) is 92.4 Å². The van der Waals surface area contributed by atoms with Gasteiger partial charge in [-0.1, -0.05) is 77.6 Å². The molecule has 0 aromatic heterocycles. The van der Waals surface area contributed by atoms with Gasteiger partial charge in [-0.2, -0.15) is 0 Å². The highest BCUT2D eigenvalue weighted by atomic mass is 35.5. The van der Waals surface area contributed by atoms with Crippen LogP contribution in [0.15, 0.2) is 71.6 Å². The van der Waals surface area contributed by atoms with E-state index in [2.05, 4.69) is 5.32 Å². The number of anilines is 1. The third-order valence-electron chi connectivity index (χ3n) is 5.86. The molecule has 3 rings (SSSR count). The molecule has 3 aromatic carbocycles. The zero-order chi connectivity index (χ0) is 28.7. The van der Waals surface area contributed by atoms with Crippen molar-refractivity contribution in [2.24, 2.45) is 0 Å². The lowest BCUT2D eigenvalue weighted by atomic mass is 10.1. The first-order valence-electron chi connectivity index (χ1n) is 12.0. The average molecular weight is 631 g/mol. The lowest BCUT2D eigenvalue weighted by Gasteiger charge is -2.32. The first-order valence-corrected chi connectivity index (χ1v) is 14.9. The zero-order valence-electron chi connectivity index (χ0n) is 21.2. The molecule has 39 heavy (non-hydrogen) atoms. The van der Waals surface area contributed by atoms with E-state index < -0.39 is 34.4 Å². The summed E-state index contributed by atoms with van der Waals surface area (Å²) in [5, 5.41) is 3.83. The second-order valence-electron chi connectivity index (χ2n) is 8.64. The largest absolute Gasteiger partial charge is 0.354 e. The van der Waals surface area contributed by atoms with Crippen molar-refractivity contribution in [3.63, 3.8) is 0 Å². The number of nitrogens with one attached hydrogen (secondary N) is 1. The number of hydrogen-bond donors (Lipinski definition) is 1. The molecule has 0 fully saturated rings. The van der Waals surface area contributed by atoms with Gasteiger partial charge in [0.25, 0.3) is 10.0 Å². The monoisotopic (exact) mass is 629 g/mol. The number of halogens is 4. The van der Waals surface area contributed by atoms with Gasteiger partial charge in [0.15, 0.2) is 0 Å². The summed E-state index contributed by atoms with van der Waals surface area (Å²) in [6, 6.07) is 15.8. The van der Waals surface area contributed by atoms with Gasteiger partial charge in [0.1, 0.15) is 12.6 Å². The van der Waals surface area contributed by atoms with Crippen molar-refractivity contribution in [1.82, 2.24) is 10.2 Å². The number of nitrogens with zero attached hydrogens (tertiary/aromatic N) is 2. The molecule has 0 bridgehead atoms. The Bertz CT molecular complexity index is 1440. The Kier molecular flexibility index (Phi) is 10.9. The number of rotatable bonds is 11. The molecule has 1 N–H and O–H groups in total. The summed E-state index contributed by atoms with van der Waals surface area (Å²) in [7, 11) is -4.25. The van der Waals surface area contributed by atoms with Gasteiger partial charge in [0, 0.05) is 28.2 Å². The van der Waals surface area contributed by atoms with Crippen LogP contribution in [0, 0.1) is 0 Å². The second kappa shape index (κ2) is 13.7. The molecule has 0 aliphatic heterocycles. The highest BCUT2D eigenvalue weighted by molar-refractivity contribution is 7.92. The predicted molar refractivity (Wildman–Crippen MR) is 157 cm³/mol. The molecule has 0 aliphatic carbocycles. The standard InChI is InChI=1S/C27H27Cl4N3O4S/c1-3-13-32-27(36)18(2)33(16-19-9-10-20(28)14-23(19)30)26(35)17-34(25-12-11-21(29)15-24(25)31)39(37,38)22-7-5-4-6-8-22/h4-12,14-15,18H,3,13,16-17H2,1-2H3,(H,32,36). The molecule has 1 atom stereocenters. The summed E-state index contributed by atoms with van der Waals surface area (Å²) in [6.45, 7) is 3.18. The molecule has 0 heterocycles. The summed E-state index contributed by atoms with van der Waals surface area (Å²) in [4.78, 5) is 28.0. The zero-order valence-corrected chi connectivity index (χ0v) is 25.0. The molecule has 0 radical (unpaired) electrons. The molecule has 2 amide bonds. The van der Waals surface area contributed by atoms with Gasteiger partial charge in [0.2, 0.25) is 11.8 Å². The van der Waals surface area contributed by atoms with Gasteiger partial charge in [-0.05, 0) is 61.4 Å². The molecule has 0 aliphatic rings. The Labute approximate surface area is 248 Å². The number of benzene rings is 3. The van der Waals surface area contributed by atoms with Crippen LogP contribution in [-0.2, 0) is 26.2 Å². The highest BCUT2D eigenvalue weighted by Gasteiger charge is 2.33. The van der Waals surface area contributed by atoms with Gasteiger partial charge in [-0.3, -0.25) is 13.9 Å². The minimum Gasteiger partial charge on any atom is -0.354 e. The summed E-state index contributed by atoms with van der Waals surface area (Å²) in [5.41, 5.74) is 0.595. The highest BCUT2D eigenvalue weighted by Crippen LogP contribution is 2.33. The maximum Gasteiger partial charge on any atom is 0.264 e. The molecule has 0 saturated heterocycles. The van der Waals surface area contributed by atoms with Crippen molar-refractivity contribution in [1.29, 1.82) is 0 Å². The van der Waals surface area contributed by atoms with Gasteiger partial charge >= 0.3 is 0 Å². The van der Waals surface area contributed by atoms with E-state index in [1.165, 1.54) is 41.3 Å². The molecule has 0 saturated carbocycles. The second-order valence-corrected chi connectivity index (χ2v) is 12.2. The van der Waals surface area contributed by atoms with Crippen molar-refractivity contribution >= 4 is 73.9 Å². The van der Waals surface area contributed by atoms with Crippen molar-refractivity contribution in [2.45, 2.75) is 37.8 Å². The molecule has 12 heteroatoms. The van der Waals surface area contributed by atoms with Crippen LogP contribution in [0.4, 0.5) is 5.69 Å². The summed E-state index contributed by atoms with van der Waals surface area (Å²) >= 11 is 24.9. The van der Waals surface area contributed by atoms with Crippen molar-refractivity contribution < 1.29 is 18.0 Å². The fraction of sp³-hybridized carbons (Fsp3) is 0.259. The number of hydrogen-bond acceptors (Lipinski definition) is 4. The molecule has 3 aromatic rings. The minimum absolute atomic E-state index is 0.0372. The van der Waals surface area contributed by atoms with Crippen molar-refractivity contribution in [3.8, 4) is 0 Å². The van der Waals surface area contributed by atoms with Crippen LogP contribution in [0.2, 0.25) is 20.1 Å². The van der Waals surface area contributed by atoms with Gasteiger partial charge in [-0.25, -0.2) is 8.42 Å². The van der Waals surface area contributed by atoms with E-state index >= 15 is 0 Å². The lowest BCUT2D eigenvalue weighted by molar-refractivity contribution is -0.139. The fourth-order valence-electron chi connectivity index (χ4n) is 3.73. The smallest absolute Gasteiger partial charge is 0.264 e. The lowest BCUT2D eigenvalue weighted by Crippen LogP contribution is -2.51. The van der Waals surface area contributed by atoms with Crippen LogP contribution in [0.1, 0.15) is 25.8 Å². The van der Waals surface area contributed by atoms with Crippen LogP contribution >= 0.6 is 46.4 Å². The molecular weight excluding hydrogens is 604 g/mol.